The number of nitrogens with zero attached hydrogens (tertiary/aromatic N) is 2. The van der Waals surface area contributed by atoms with E-state index in [1.165, 1.54) is 9.13 Å². The highest BCUT2D eigenvalue weighted by Crippen LogP contribution is 2.11. The zero-order valence-corrected chi connectivity index (χ0v) is 11.6. The van der Waals surface area contributed by atoms with Crippen molar-refractivity contribution in [3.05, 3.63) is 58.9 Å². The highest BCUT2D eigenvalue weighted by Gasteiger charge is 2.13. The third kappa shape index (κ3) is 2.47. The summed E-state index contributed by atoms with van der Waals surface area (Å²) < 4.78 is 8.15. The summed E-state index contributed by atoms with van der Waals surface area (Å²) >= 11 is 0. The van der Waals surface area contributed by atoms with Crippen LogP contribution in [0, 0.1) is 0 Å². The van der Waals surface area contributed by atoms with Crippen LogP contribution in [-0.2, 0) is 24.9 Å². The number of aromatic nitrogens is 2. The molecular formula is C15H15N3O3. The van der Waals surface area contributed by atoms with Gasteiger partial charge in [0.15, 0.2) is 0 Å². The van der Waals surface area contributed by atoms with Gasteiger partial charge in [-0.15, -0.1) is 0 Å². The Balaban J connectivity index is 1.80. The summed E-state index contributed by atoms with van der Waals surface area (Å²) in [5, 5.41) is 2.73. The number of benzene rings is 1. The lowest BCUT2D eigenvalue weighted by Gasteiger charge is -2.04. The van der Waals surface area contributed by atoms with Crippen LogP contribution in [0.15, 0.2) is 51.9 Å². The topological polar surface area (TPSA) is 69.2 Å². The molecule has 1 N–H and O–H groups in total. The number of rotatable bonds is 4. The minimum Gasteiger partial charge on any atom is -0.467 e. The number of furan rings is 1. The van der Waals surface area contributed by atoms with E-state index in [-0.39, 0.29) is 18.1 Å². The van der Waals surface area contributed by atoms with Gasteiger partial charge in [0.2, 0.25) is 5.91 Å². The first-order valence-corrected chi connectivity index (χ1v) is 6.60. The number of fused-ring (bicyclic) bond motifs is 1. The average Bonchev–Trinajstić information content (AvgIpc) is 3.09. The summed E-state index contributed by atoms with van der Waals surface area (Å²) in [7, 11) is 1.70. The predicted molar refractivity (Wildman–Crippen MR) is 77.7 cm³/mol. The van der Waals surface area contributed by atoms with E-state index in [0.717, 1.165) is 11.0 Å². The maximum absolute atomic E-state index is 12.2. The zero-order chi connectivity index (χ0) is 14.8. The lowest BCUT2D eigenvalue weighted by Crippen LogP contribution is -2.32. The minimum atomic E-state index is -0.232. The molecule has 3 rings (SSSR count). The maximum atomic E-state index is 12.2. The van der Waals surface area contributed by atoms with Crippen molar-refractivity contribution < 1.29 is 9.21 Å². The third-order valence-corrected chi connectivity index (χ3v) is 3.39. The van der Waals surface area contributed by atoms with Gasteiger partial charge >= 0.3 is 5.69 Å². The van der Waals surface area contributed by atoms with E-state index in [9.17, 15) is 9.59 Å². The molecule has 21 heavy (non-hydrogen) atoms. The predicted octanol–water partition coefficient (Wildman–Crippen LogP) is 1.25. The Bertz CT molecular complexity index is 828. The van der Waals surface area contributed by atoms with Crippen LogP contribution in [0.1, 0.15) is 5.76 Å². The first-order chi connectivity index (χ1) is 10.2. The number of carbonyl (C=O) groups excluding carboxylic acids is 1. The number of amides is 1. The van der Waals surface area contributed by atoms with Crippen molar-refractivity contribution in [2.45, 2.75) is 13.1 Å². The van der Waals surface area contributed by atoms with Crippen LogP contribution >= 0.6 is 0 Å². The van der Waals surface area contributed by atoms with E-state index in [1.54, 1.807) is 25.4 Å². The lowest BCUT2D eigenvalue weighted by atomic mass is 10.3. The first-order valence-electron chi connectivity index (χ1n) is 6.60. The summed E-state index contributed by atoms with van der Waals surface area (Å²) in [5.41, 5.74) is 1.35. The van der Waals surface area contributed by atoms with Crippen LogP contribution in [0.25, 0.3) is 11.0 Å². The van der Waals surface area contributed by atoms with Crippen molar-refractivity contribution >= 4 is 16.9 Å². The van der Waals surface area contributed by atoms with Crippen molar-refractivity contribution in [1.82, 2.24) is 14.5 Å². The highest BCUT2D eigenvalue weighted by molar-refractivity contribution is 5.80. The van der Waals surface area contributed by atoms with Gasteiger partial charge in [-0.05, 0) is 24.3 Å². The van der Waals surface area contributed by atoms with Gasteiger partial charge < -0.3 is 9.73 Å². The number of hydrogen-bond donors (Lipinski definition) is 1. The van der Waals surface area contributed by atoms with Crippen molar-refractivity contribution in [1.29, 1.82) is 0 Å². The number of hydrogen-bond acceptors (Lipinski definition) is 3. The Morgan fingerprint density at radius 1 is 1.19 bits per heavy atom. The summed E-state index contributed by atoms with van der Waals surface area (Å²) in [6.07, 6.45) is 1.55. The number of para-hydroxylation sites is 2. The molecule has 6 heteroatoms. The van der Waals surface area contributed by atoms with Gasteiger partial charge in [0.25, 0.3) is 0 Å². The molecule has 6 nitrogen and oxygen atoms in total. The van der Waals surface area contributed by atoms with E-state index in [4.69, 9.17) is 4.42 Å². The Labute approximate surface area is 120 Å². The molecule has 0 unspecified atom stereocenters. The van der Waals surface area contributed by atoms with Crippen LogP contribution in [0.5, 0.6) is 0 Å². The maximum Gasteiger partial charge on any atom is 0.329 e. The SMILES string of the molecule is Cn1c(=O)n(CC(=O)NCc2ccco2)c2ccccc21. The van der Waals surface area contributed by atoms with E-state index >= 15 is 0 Å². The molecule has 2 aromatic heterocycles. The summed E-state index contributed by atoms with van der Waals surface area (Å²) in [5.74, 6) is 0.443. The molecule has 3 aromatic rings. The molecule has 0 bridgehead atoms. The molecule has 0 radical (unpaired) electrons. The van der Waals surface area contributed by atoms with Crippen molar-refractivity contribution in [2.24, 2.45) is 7.05 Å². The van der Waals surface area contributed by atoms with Crippen molar-refractivity contribution in [3.63, 3.8) is 0 Å². The molecule has 0 fully saturated rings. The Hall–Kier alpha value is -2.76. The third-order valence-electron chi connectivity index (χ3n) is 3.39. The van der Waals surface area contributed by atoms with E-state index in [1.807, 2.05) is 24.3 Å². The molecule has 1 amide bonds. The first kappa shape index (κ1) is 13.2. The molecule has 0 saturated heterocycles. The zero-order valence-electron chi connectivity index (χ0n) is 11.6. The van der Waals surface area contributed by atoms with Gasteiger partial charge in [-0.1, -0.05) is 12.1 Å². The normalized spacial score (nSPS) is 10.9. The van der Waals surface area contributed by atoms with E-state index in [0.29, 0.717) is 12.3 Å². The van der Waals surface area contributed by atoms with Gasteiger partial charge in [-0.3, -0.25) is 13.9 Å². The molecule has 1 aromatic carbocycles. The number of aryl methyl sites for hydroxylation is 1. The molecule has 2 heterocycles. The quantitative estimate of drug-likeness (QED) is 0.784. The second-order valence-electron chi connectivity index (χ2n) is 4.77. The average molecular weight is 285 g/mol. The van der Waals surface area contributed by atoms with Crippen LogP contribution in [0.4, 0.5) is 0 Å². The Kier molecular flexibility index (Phi) is 3.35. The largest absolute Gasteiger partial charge is 0.467 e. The second kappa shape index (κ2) is 5.32. The van der Waals surface area contributed by atoms with Crippen molar-refractivity contribution in [2.75, 3.05) is 0 Å². The minimum absolute atomic E-state index is 0.0130. The Morgan fingerprint density at radius 2 is 1.95 bits per heavy atom. The summed E-state index contributed by atoms with van der Waals surface area (Å²) in [6.45, 7) is 0.298. The van der Waals surface area contributed by atoms with Gasteiger partial charge in [0, 0.05) is 7.05 Å². The van der Waals surface area contributed by atoms with E-state index in [2.05, 4.69) is 5.32 Å². The number of imidazole rings is 1. The van der Waals surface area contributed by atoms with Crippen LogP contribution < -0.4 is 11.0 Å². The fourth-order valence-corrected chi connectivity index (χ4v) is 2.31. The van der Waals surface area contributed by atoms with Crippen LogP contribution in [0.3, 0.4) is 0 Å². The summed E-state index contributed by atoms with van der Waals surface area (Å²) in [4.78, 5) is 24.2. The molecule has 0 aliphatic heterocycles. The van der Waals surface area contributed by atoms with Crippen LogP contribution in [-0.4, -0.2) is 15.0 Å². The smallest absolute Gasteiger partial charge is 0.329 e. The molecular weight excluding hydrogens is 270 g/mol. The molecule has 0 aliphatic carbocycles. The van der Waals surface area contributed by atoms with Crippen molar-refractivity contribution in [3.8, 4) is 0 Å². The fraction of sp³-hybridized carbons (Fsp3) is 0.200. The second-order valence-corrected chi connectivity index (χ2v) is 4.77. The molecule has 0 saturated carbocycles. The fourth-order valence-electron chi connectivity index (χ4n) is 2.31. The van der Waals surface area contributed by atoms with Crippen LogP contribution in [0.2, 0.25) is 0 Å². The molecule has 0 spiro atoms. The summed E-state index contributed by atoms with van der Waals surface area (Å²) in [6, 6.07) is 10.9. The van der Waals surface area contributed by atoms with Gasteiger partial charge in [0.05, 0.1) is 23.8 Å². The Morgan fingerprint density at radius 3 is 2.67 bits per heavy atom. The monoisotopic (exact) mass is 285 g/mol. The van der Waals surface area contributed by atoms with Gasteiger partial charge in [-0.2, -0.15) is 0 Å². The molecule has 0 atom stereocenters. The lowest BCUT2D eigenvalue weighted by molar-refractivity contribution is -0.121. The molecule has 108 valence electrons. The van der Waals surface area contributed by atoms with Gasteiger partial charge in [-0.25, -0.2) is 4.79 Å². The van der Waals surface area contributed by atoms with Gasteiger partial charge in [0.1, 0.15) is 12.3 Å². The van der Waals surface area contributed by atoms with E-state index < -0.39 is 0 Å². The highest BCUT2D eigenvalue weighted by atomic mass is 16.3. The molecule has 0 aliphatic rings. The number of carbonyl (C=O) groups is 1. The number of nitrogens with one attached hydrogen (secondary N) is 1. The standard InChI is InChI=1S/C15H15N3O3/c1-17-12-6-2-3-7-13(12)18(15(17)20)10-14(19)16-9-11-5-4-8-21-11/h2-8H,9-10H2,1H3,(H,16,19).